The zero-order valence-electron chi connectivity index (χ0n) is 14.0. The molecule has 1 N–H and O–H groups in total. The Kier molecular flexibility index (Phi) is 5.66. The molecular weight excluding hydrogens is 392 g/mol. The maximum absolute atomic E-state index is 11.6. The Hall–Kier alpha value is -0.860. The van der Waals surface area contributed by atoms with Crippen molar-refractivity contribution in [2.24, 2.45) is 0 Å². The molecule has 0 unspecified atom stereocenters. The number of piperidine rings is 2. The highest BCUT2D eigenvalue weighted by Crippen LogP contribution is 2.30. The Labute approximate surface area is 154 Å². The number of pyridine rings is 1. The monoisotopic (exact) mass is 418 g/mol. The van der Waals surface area contributed by atoms with E-state index in [1.807, 2.05) is 0 Å². The molecule has 2 fully saturated rings. The number of likely N-dealkylation sites (tertiary alicyclic amines) is 1. The van der Waals surface area contributed by atoms with Gasteiger partial charge in [-0.05, 0) is 60.8 Å². The Morgan fingerprint density at radius 1 is 1.21 bits per heavy atom. The lowest BCUT2D eigenvalue weighted by atomic mass is 10.00. The normalized spacial score (nSPS) is 21.0. The number of anilines is 2. The first kappa shape index (κ1) is 17.9. The third kappa shape index (κ3) is 4.61. The summed E-state index contributed by atoms with van der Waals surface area (Å²) in [4.78, 5) is 9.29. The summed E-state index contributed by atoms with van der Waals surface area (Å²) in [6.45, 7) is 4.27. The van der Waals surface area contributed by atoms with Crippen LogP contribution >= 0.6 is 15.9 Å². The fourth-order valence-electron chi connectivity index (χ4n) is 3.69. The maximum Gasteiger partial charge on any atom is 0.229 e. The lowest BCUT2D eigenvalue weighted by Gasteiger charge is -2.40. The highest BCUT2D eigenvalue weighted by Gasteiger charge is 2.27. The van der Waals surface area contributed by atoms with Gasteiger partial charge in [-0.1, -0.05) is 6.42 Å². The van der Waals surface area contributed by atoms with E-state index in [4.69, 9.17) is 0 Å². The maximum atomic E-state index is 11.6. The fourth-order valence-corrected chi connectivity index (χ4v) is 4.57. The van der Waals surface area contributed by atoms with Crippen LogP contribution in [-0.2, 0) is 10.0 Å². The molecule has 0 atom stereocenters. The molecule has 0 spiro atoms. The minimum Gasteiger partial charge on any atom is -0.355 e. The lowest BCUT2D eigenvalue weighted by Crippen LogP contribution is -2.47. The zero-order valence-corrected chi connectivity index (χ0v) is 16.4. The van der Waals surface area contributed by atoms with E-state index in [9.17, 15) is 8.42 Å². The summed E-state index contributed by atoms with van der Waals surface area (Å²) >= 11 is 3.37. The molecule has 0 aromatic carbocycles. The number of hydrogen-bond acceptors (Lipinski definition) is 5. The summed E-state index contributed by atoms with van der Waals surface area (Å²) in [5, 5.41) is 0. The molecule has 6 nitrogen and oxygen atoms in total. The van der Waals surface area contributed by atoms with E-state index in [0.717, 1.165) is 36.2 Å². The van der Waals surface area contributed by atoms with Crippen LogP contribution in [0.5, 0.6) is 0 Å². The molecule has 1 aromatic rings. The van der Waals surface area contributed by atoms with Gasteiger partial charge in [0.15, 0.2) is 5.82 Å². The van der Waals surface area contributed by atoms with Gasteiger partial charge in [0.05, 0.1) is 11.9 Å². The largest absolute Gasteiger partial charge is 0.355 e. The van der Waals surface area contributed by atoms with Crippen LogP contribution in [0.2, 0.25) is 0 Å². The summed E-state index contributed by atoms with van der Waals surface area (Å²) < 4.78 is 26.6. The van der Waals surface area contributed by atoms with Gasteiger partial charge in [-0.15, -0.1) is 0 Å². The molecule has 136 valence electrons. The molecule has 0 radical (unpaired) electrons. The van der Waals surface area contributed by atoms with Gasteiger partial charge >= 0.3 is 0 Å². The molecular formula is C16H27BrN4O2S. The van der Waals surface area contributed by atoms with Crippen LogP contribution in [0.1, 0.15) is 33.5 Å². The second-order valence-corrected chi connectivity index (χ2v) is 9.38. The van der Waals surface area contributed by atoms with Crippen LogP contribution < -0.4 is 9.62 Å². The molecule has 8 heteroatoms. The Bertz CT molecular complexity index is 675. The standard InChI is InChI=1S/C16H25BrN4O2S.H2/c1-24(22,23)19-15-11-13(17)12-18-16(15)21-9-5-14(6-10-21)20-7-3-2-4-8-20;/h11-12,14,19H,2-10H2,1H3;1H. The first-order valence-corrected chi connectivity index (χ1v) is 11.2. The summed E-state index contributed by atoms with van der Waals surface area (Å²) in [5.74, 6) is 0.723. The van der Waals surface area contributed by atoms with Gasteiger partial charge in [0.25, 0.3) is 0 Å². The van der Waals surface area contributed by atoms with Crippen molar-refractivity contribution in [3.8, 4) is 0 Å². The van der Waals surface area contributed by atoms with Crippen LogP contribution in [0, 0.1) is 0 Å². The van der Waals surface area contributed by atoms with Crippen LogP contribution in [0.25, 0.3) is 0 Å². The second-order valence-electron chi connectivity index (χ2n) is 6.71. The molecule has 1 aromatic heterocycles. The van der Waals surface area contributed by atoms with E-state index < -0.39 is 10.0 Å². The van der Waals surface area contributed by atoms with Gasteiger partial charge in [0.1, 0.15) is 0 Å². The molecule has 2 aliphatic heterocycles. The summed E-state index contributed by atoms with van der Waals surface area (Å²) in [7, 11) is -3.33. The topological polar surface area (TPSA) is 65.5 Å². The van der Waals surface area contributed by atoms with Gasteiger partial charge in [-0.3, -0.25) is 4.72 Å². The molecule has 24 heavy (non-hydrogen) atoms. The number of halogens is 1. The average Bonchev–Trinajstić information content (AvgIpc) is 2.55. The Morgan fingerprint density at radius 3 is 2.50 bits per heavy atom. The first-order chi connectivity index (χ1) is 11.4. The van der Waals surface area contributed by atoms with Crippen molar-refractivity contribution in [1.29, 1.82) is 0 Å². The van der Waals surface area contributed by atoms with Crippen LogP contribution in [0.4, 0.5) is 11.5 Å². The number of nitrogens with zero attached hydrogens (tertiary/aromatic N) is 3. The predicted octanol–water partition coefficient (Wildman–Crippen LogP) is 2.92. The van der Waals surface area contributed by atoms with Crippen molar-refractivity contribution in [2.75, 3.05) is 42.1 Å². The second kappa shape index (κ2) is 7.58. The van der Waals surface area contributed by atoms with E-state index >= 15 is 0 Å². The smallest absolute Gasteiger partial charge is 0.229 e. The van der Waals surface area contributed by atoms with Crippen molar-refractivity contribution in [3.63, 3.8) is 0 Å². The number of sulfonamides is 1. The van der Waals surface area contributed by atoms with E-state index in [2.05, 4.69) is 35.4 Å². The van der Waals surface area contributed by atoms with Crippen molar-refractivity contribution in [3.05, 3.63) is 16.7 Å². The van der Waals surface area contributed by atoms with Crippen LogP contribution in [-0.4, -0.2) is 56.8 Å². The third-order valence-electron chi connectivity index (χ3n) is 4.80. The van der Waals surface area contributed by atoms with Crippen molar-refractivity contribution >= 4 is 37.5 Å². The van der Waals surface area contributed by atoms with Gasteiger partial charge in [-0.25, -0.2) is 13.4 Å². The zero-order chi connectivity index (χ0) is 17.2. The van der Waals surface area contributed by atoms with Gasteiger partial charge in [-0.2, -0.15) is 0 Å². The van der Waals surface area contributed by atoms with E-state index in [1.54, 1.807) is 12.3 Å². The Morgan fingerprint density at radius 2 is 1.88 bits per heavy atom. The average molecular weight is 419 g/mol. The summed E-state index contributed by atoms with van der Waals surface area (Å²) in [5.41, 5.74) is 0.545. The van der Waals surface area contributed by atoms with Crippen molar-refractivity contribution < 1.29 is 9.84 Å². The third-order valence-corrected chi connectivity index (χ3v) is 5.82. The summed E-state index contributed by atoms with van der Waals surface area (Å²) in [6.07, 6.45) is 9.10. The van der Waals surface area contributed by atoms with E-state index in [1.165, 1.54) is 38.6 Å². The molecule has 0 saturated carbocycles. The quantitative estimate of drug-likeness (QED) is 0.813. The van der Waals surface area contributed by atoms with Crippen molar-refractivity contribution in [2.45, 2.75) is 38.1 Å². The van der Waals surface area contributed by atoms with E-state index in [-0.39, 0.29) is 1.43 Å². The molecule has 0 amide bonds. The number of rotatable bonds is 4. The number of hydrogen-bond donors (Lipinski definition) is 1. The van der Waals surface area contributed by atoms with Gasteiger partial charge in [0.2, 0.25) is 10.0 Å². The SMILES string of the molecule is CS(=O)(=O)Nc1cc(Br)cnc1N1CCC(N2CCCCC2)CC1.[HH]. The predicted molar refractivity (Wildman–Crippen MR) is 103 cm³/mol. The molecule has 3 heterocycles. The first-order valence-electron chi connectivity index (χ1n) is 8.55. The van der Waals surface area contributed by atoms with Gasteiger partial charge < -0.3 is 9.80 Å². The minimum absolute atomic E-state index is 0. The molecule has 0 bridgehead atoms. The van der Waals surface area contributed by atoms with E-state index in [0.29, 0.717) is 11.7 Å². The van der Waals surface area contributed by atoms with Crippen LogP contribution in [0.15, 0.2) is 16.7 Å². The lowest BCUT2D eigenvalue weighted by molar-refractivity contribution is 0.141. The fraction of sp³-hybridized carbons (Fsp3) is 0.688. The molecule has 0 aliphatic carbocycles. The molecule has 3 rings (SSSR count). The number of nitrogens with one attached hydrogen (secondary N) is 1. The Balaban J connectivity index is 0.00000225. The van der Waals surface area contributed by atoms with Crippen LogP contribution in [0.3, 0.4) is 0 Å². The minimum atomic E-state index is -3.33. The van der Waals surface area contributed by atoms with Crippen molar-refractivity contribution in [1.82, 2.24) is 9.88 Å². The molecule has 2 saturated heterocycles. The highest BCUT2D eigenvalue weighted by atomic mass is 79.9. The molecule has 2 aliphatic rings. The summed E-state index contributed by atoms with van der Waals surface area (Å²) in [6, 6.07) is 2.43. The number of aromatic nitrogens is 1. The van der Waals surface area contributed by atoms with Gasteiger partial charge in [0, 0.05) is 31.2 Å². The highest BCUT2D eigenvalue weighted by molar-refractivity contribution is 9.10.